The topological polar surface area (TPSA) is 81.2 Å². The molecule has 1 heterocycles. The predicted octanol–water partition coefficient (Wildman–Crippen LogP) is 3.12. The maximum Gasteiger partial charge on any atom is 0.338 e. The van der Waals surface area contributed by atoms with Crippen molar-refractivity contribution in [3.63, 3.8) is 0 Å². The Morgan fingerprint density at radius 1 is 1.13 bits per heavy atom. The van der Waals surface area contributed by atoms with Crippen LogP contribution in [0.2, 0.25) is 0 Å². The lowest BCUT2D eigenvalue weighted by atomic mass is 10.1. The summed E-state index contributed by atoms with van der Waals surface area (Å²) in [6.45, 7) is 2.08. The van der Waals surface area contributed by atoms with E-state index in [0.29, 0.717) is 28.9 Å². The van der Waals surface area contributed by atoms with E-state index in [0.717, 1.165) is 4.70 Å². The number of nitrogens with zero attached hydrogens (tertiary/aromatic N) is 2. The van der Waals surface area contributed by atoms with E-state index in [2.05, 4.69) is 14.9 Å². The van der Waals surface area contributed by atoms with E-state index in [-0.39, 0.29) is 11.9 Å². The zero-order valence-corrected chi connectivity index (χ0v) is 13.1. The van der Waals surface area contributed by atoms with Crippen molar-refractivity contribution in [3.05, 3.63) is 53.6 Å². The third kappa shape index (κ3) is 3.35. The van der Waals surface area contributed by atoms with Gasteiger partial charge in [0, 0.05) is 11.3 Å². The molecule has 0 unspecified atom stereocenters. The number of aromatic nitrogens is 2. The first kappa shape index (κ1) is 15.1. The summed E-state index contributed by atoms with van der Waals surface area (Å²) in [5.74, 6) is -0.629. The lowest BCUT2D eigenvalue weighted by molar-refractivity contribution is 0.0526. The molecular weight excluding hydrogens is 314 g/mol. The van der Waals surface area contributed by atoms with Crippen molar-refractivity contribution < 1.29 is 14.3 Å². The maximum atomic E-state index is 12.3. The van der Waals surface area contributed by atoms with E-state index in [9.17, 15) is 9.59 Å². The molecule has 6 nitrogen and oxygen atoms in total. The molecule has 0 radical (unpaired) electrons. The molecule has 0 fully saturated rings. The van der Waals surface area contributed by atoms with Crippen molar-refractivity contribution >= 4 is 39.3 Å². The summed E-state index contributed by atoms with van der Waals surface area (Å²) in [5.41, 5.74) is 2.24. The Morgan fingerprint density at radius 3 is 2.61 bits per heavy atom. The highest BCUT2D eigenvalue weighted by atomic mass is 32.1. The summed E-state index contributed by atoms with van der Waals surface area (Å²) in [6.07, 6.45) is 0. The van der Waals surface area contributed by atoms with Crippen molar-refractivity contribution in [3.8, 4) is 0 Å². The lowest BCUT2D eigenvalue weighted by Gasteiger charge is -2.06. The number of ether oxygens (including phenoxy) is 1. The Bertz CT molecular complexity index is 858. The normalized spacial score (nSPS) is 10.5. The maximum absolute atomic E-state index is 12.3. The molecular formula is C16H13N3O3S. The molecule has 0 aliphatic rings. The SMILES string of the molecule is CCOC(=O)c1ccc(NC(=O)c2ccc3snnc3c2)cc1. The number of benzene rings is 2. The molecule has 3 aromatic rings. The van der Waals surface area contributed by atoms with Gasteiger partial charge in [0.15, 0.2) is 0 Å². The van der Waals surface area contributed by atoms with Crippen LogP contribution in [-0.4, -0.2) is 28.1 Å². The number of anilines is 1. The first-order valence-corrected chi connectivity index (χ1v) is 7.75. The highest BCUT2D eigenvalue weighted by molar-refractivity contribution is 7.12. The van der Waals surface area contributed by atoms with Crippen LogP contribution in [0.15, 0.2) is 42.5 Å². The van der Waals surface area contributed by atoms with Crippen LogP contribution in [0.25, 0.3) is 10.2 Å². The Balaban J connectivity index is 1.73. The lowest BCUT2D eigenvalue weighted by Crippen LogP contribution is -2.12. The Kier molecular flexibility index (Phi) is 4.29. The quantitative estimate of drug-likeness (QED) is 0.745. The average Bonchev–Trinajstić information content (AvgIpc) is 3.03. The number of carbonyl (C=O) groups is 2. The van der Waals surface area contributed by atoms with Gasteiger partial charge in [-0.15, -0.1) is 5.10 Å². The molecule has 7 heteroatoms. The van der Waals surface area contributed by atoms with Crippen LogP contribution in [0.4, 0.5) is 5.69 Å². The number of amides is 1. The Hall–Kier alpha value is -2.80. The summed E-state index contributed by atoms with van der Waals surface area (Å²) in [7, 11) is 0. The second-order valence-corrected chi connectivity index (χ2v) is 5.49. The molecule has 2 aromatic carbocycles. The second-order valence-electron chi connectivity index (χ2n) is 4.71. The number of nitrogens with one attached hydrogen (secondary N) is 1. The third-order valence-corrected chi connectivity index (χ3v) is 3.87. The molecule has 0 saturated heterocycles. The van der Waals surface area contributed by atoms with Gasteiger partial charge in [-0.2, -0.15) is 0 Å². The third-order valence-electron chi connectivity index (χ3n) is 3.16. The van der Waals surface area contributed by atoms with Crippen LogP contribution < -0.4 is 5.32 Å². The van der Waals surface area contributed by atoms with Crippen LogP contribution in [0.1, 0.15) is 27.6 Å². The van der Waals surface area contributed by atoms with Crippen LogP contribution in [0.3, 0.4) is 0 Å². The van der Waals surface area contributed by atoms with Crippen LogP contribution in [0, 0.1) is 0 Å². The standard InChI is InChI=1S/C16H13N3O3S/c1-2-22-16(21)10-3-6-12(7-4-10)17-15(20)11-5-8-14-13(9-11)18-19-23-14/h3-9H,2H2,1H3,(H,17,20). The summed E-state index contributed by atoms with van der Waals surface area (Å²) in [5, 5.41) is 6.73. The fourth-order valence-electron chi connectivity index (χ4n) is 2.03. The Morgan fingerprint density at radius 2 is 1.87 bits per heavy atom. The smallest absolute Gasteiger partial charge is 0.338 e. The van der Waals surface area contributed by atoms with Gasteiger partial charge >= 0.3 is 5.97 Å². The molecule has 0 bridgehead atoms. The highest BCUT2D eigenvalue weighted by Gasteiger charge is 2.10. The molecule has 0 spiro atoms. The van der Waals surface area contributed by atoms with Gasteiger partial charge in [0.1, 0.15) is 5.52 Å². The summed E-state index contributed by atoms with van der Waals surface area (Å²) < 4.78 is 9.69. The van der Waals surface area contributed by atoms with E-state index in [4.69, 9.17) is 4.74 Å². The van der Waals surface area contributed by atoms with Gasteiger partial charge < -0.3 is 10.1 Å². The van der Waals surface area contributed by atoms with Crippen molar-refractivity contribution in [1.29, 1.82) is 0 Å². The minimum atomic E-state index is -0.383. The van der Waals surface area contributed by atoms with Gasteiger partial charge in [-0.25, -0.2) is 4.79 Å². The van der Waals surface area contributed by atoms with E-state index >= 15 is 0 Å². The highest BCUT2D eigenvalue weighted by Crippen LogP contribution is 2.18. The largest absolute Gasteiger partial charge is 0.462 e. The summed E-state index contributed by atoms with van der Waals surface area (Å²) >= 11 is 1.28. The van der Waals surface area contributed by atoms with E-state index < -0.39 is 0 Å². The van der Waals surface area contributed by atoms with Crippen molar-refractivity contribution in [2.45, 2.75) is 6.92 Å². The molecule has 1 aromatic heterocycles. The predicted molar refractivity (Wildman–Crippen MR) is 87.8 cm³/mol. The molecule has 0 aliphatic carbocycles. The fraction of sp³-hybridized carbons (Fsp3) is 0.125. The zero-order chi connectivity index (χ0) is 16.2. The number of carbonyl (C=O) groups excluding carboxylic acids is 2. The first-order chi connectivity index (χ1) is 11.2. The molecule has 0 saturated carbocycles. The van der Waals surface area contributed by atoms with Gasteiger partial charge in [0.05, 0.1) is 16.9 Å². The van der Waals surface area contributed by atoms with E-state index in [1.807, 2.05) is 6.07 Å². The van der Waals surface area contributed by atoms with Crippen LogP contribution in [-0.2, 0) is 4.74 Å². The number of fused-ring (bicyclic) bond motifs is 1. The minimum absolute atomic E-state index is 0.246. The molecule has 1 N–H and O–H groups in total. The second kappa shape index (κ2) is 6.53. The van der Waals surface area contributed by atoms with Gasteiger partial charge in [0.2, 0.25) is 0 Å². The molecule has 0 aliphatic heterocycles. The molecule has 0 atom stereocenters. The van der Waals surface area contributed by atoms with Crippen LogP contribution in [0.5, 0.6) is 0 Å². The summed E-state index contributed by atoms with van der Waals surface area (Å²) in [6, 6.07) is 11.8. The van der Waals surface area contributed by atoms with Crippen molar-refractivity contribution in [2.75, 3.05) is 11.9 Å². The summed E-state index contributed by atoms with van der Waals surface area (Å²) in [4.78, 5) is 23.8. The monoisotopic (exact) mass is 327 g/mol. The molecule has 116 valence electrons. The fourth-order valence-corrected chi connectivity index (χ4v) is 2.57. The number of hydrogen-bond acceptors (Lipinski definition) is 6. The Labute approximate surface area is 136 Å². The molecule has 23 heavy (non-hydrogen) atoms. The number of rotatable bonds is 4. The van der Waals surface area contributed by atoms with E-state index in [1.165, 1.54) is 11.5 Å². The van der Waals surface area contributed by atoms with Gasteiger partial charge in [0.25, 0.3) is 5.91 Å². The molecule has 1 amide bonds. The average molecular weight is 327 g/mol. The zero-order valence-electron chi connectivity index (χ0n) is 12.3. The first-order valence-electron chi connectivity index (χ1n) is 6.98. The van der Waals surface area contributed by atoms with E-state index in [1.54, 1.807) is 43.3 Å². The van der Waals surface area contributed by atoms with Gasteiger partial charge in [-0.3, -0.25) is 4.79 Å². The number of esters is 1. The van der Waals surface area contributed by atoms with Crippen LogP contribution >= 0.6 is 11.5 Å². The van der Waals surface area contributed by atoms with Gasteiger partial charge in [-0.05, 0) is 60.9 Å². The minimum Gasteiger partial charge on any atom is -0.462 e. The van der Waals surface area contributed by atoms with Crippen molar-refractivity contribution in [2.24, 2.45) is 0 Å². The van der Waals surface area contributed by atoms with Crippen molar-refractivity contribution in [1.82, 2.24) is 9.59 Å². The number of hydrogen-bond donors (Lipinski definition) is 1. The van der Waals surface area contributed by atoms with Gasteiger partial charge in [-0.1, -0.05) is 4.49 Å². The molecule has 3 rings (SSSR count).